The average molecular weight is 308 g/mol. The number of rotatable bonds is 2. The lowest BCUT2D eigenvalue weighted by Crippen LogP contribution is -2.28. The van der Waals surface area contributed by atoms with E-state index in [1.54, 1.807) is 6.07 Å². The molecular formula is C15H18BrNO. The molecule has 1 aliphatic rings. The van der Waals surface area contributed by atoms with E-state index in [0.717, 1.165) is 23.2 Å². The van der Waals surface area contributed by atoms with Crippen LogP contribution in [0.2, 0.25) is 0 Å². The van der Waals surface area contributed by atoms with Gasteiger partial charge >= 0.3 is 0 Å². The Morgan fingerprint density at radius 2 is 2.06 bits per heavy atom. The minimum absolute atomic E-state index is 0.248. The average Bonchev–Trinajstić information content (AvgIpc) is 2.34. The Labute approximate surface area is 117 Å². The Bertz CT molecular complexity index is 466. The maximum Gasteiger partial charge on any atom is 0.138 e. The van der Waals surface area contributed by atoms with Crippen molar-refractivity contribution >= 4 is 15.9 Å². The molecule has 3 unspecified atom stereocenters. The van der Waals surface area contributed by atoms with Crippen molar-refractivity contribution in [2.24, 2.45) is 11.8 Å². The van der Waals surface area contributed by atoms with Crippen LogP contribution in [-0.2, 0) is 0 Å². The van der Waals surface area contributed by atoms with Crippen molar-refractivity contribution in [3.63, 3.8) is 0 Å². The van der Waals surface area contributed by atoms with Gasteiger partial charge in [0, 0.05) is 4.47 Å². The van der Waals surface area contributed by atoms with Crippen molar-refractivity contribution in [2.75, 3.05) is 0 Å². The molecule has 0 amide bonds. The predicted octanol–water partition coefficient (Wildman–Crippen LogP) is 4.52. The minimum Gasteiger partial charge on any atom is -0.489 e. The first kappa shape index (κ1) is 13.4. The largest absolute Gasteiger partial charge is 0.489 e. The van der Waals surface area contributed by atoms with Crippen molar-refractivity contribution in [1.29, 1.82) is 5.26 Å². The number of benzene rings is 1. The molecule has 0 bridgehead atoms. The van der Waals surface area contributed by atoms with Crippen LogP contribution >= 0.6 is 15.9 Å². The maximum atomic E-state index is 9.09. The molecule has 0 saturated heterocycles. The van der Waals surface area contributed by atoms with Gasteiger partial charge in [-0.25, -0.2) is 0 Å². The van der Waals surface area contributed by atoms with Crippen molar-refractivity contribution in [1.82, 2.24) is 0 Å². The summed E-state index contributed by atoms with van der Waals surface area (Å²) < 4.78 is 6.98. The topological polar surface area (TPSA) is 33.0 Å². The second-order valence-corrected chi connectivity index (χ2v) is 6.18. The number of nitrogens with zero attached hydrogens (tertiary/aromatic N) is 1. The van der Waals surface area contributed by atoms with Gasteiger partial charge in [-0.05, 0) is 49.3 Å². The van der Waals surface area contributed by atoms with E-state index in [1.165, 1.54) is 6.42 Å². The Morgan fingerprint density at radius 1 is 1.28 bits per heavy atom. The smallest absolute Gasteiger partial charge is 0.138 e. The zero-order valence-corrected chi connectivity index (χ0v) is 12.4. The molecule has 0 radical (unpaired) electrons. The Balaban J connectivity index is 2.10. The molecule has 1 aliphatic carbocycles. The van der Waals surface area contributed by atoms with E-state index < -0.39 is 0 Å². The fraction of sp³-hybridized carbons (Fsp3) is 0.533. The lowest BCUT2D eigenvalue weighted by molar-refractivity contribution is 0.100. The van der Waals surface area contributed by atoms with E-state index >= 15 is 0 Å². The molecular weight excluding hydrogens is 290 g/mol. The first-order valence-electron chi connectivity index (χ1n) is 6.46. The lowest BCUT2D eigenvalue weighted by Gasteiger charge is -2.32. The van der Waals surface area contributed by atoms with E-state index in [9.17, 15) is 0 Å². The van der Waals surface area contributed by atoms with Gasteiger partial charge in [0.1, 0.15) is 11.8 Å². The summed E-state index contributed by atoms with van der Waals surface area (Å²) in [6, 6.07) is 7.75. The zero-order valence-electron chi connectivity index (χ0n) is 10.8. The molecule has 3 heteroatoms. The number of halogens is 1. The van der Waals surface area contributed by atoms with E-state index in [-0.39, 0.29) is 6.10 Å². The van der Waals surface area contributed by atoms with Crippen molar-refractivity contribution in [3.05, 3.63) is 28.2 Å². The van der Waals surface area contributed by atoms with Gasteiger partial charge in [-0.3, -0.25) is 0 Å². The van der Waals surface area contributed by atoms with Crippen LogP contribution < -0.4 is 4.74 Å². The summed E-state index contributed by atoms with van der Waals surface area (Å²) in [5, 5.41) is 9.09. The number of hydrogen-bond donors (Lipinski definition) is 0. The lowest BCUT2D eigenvalue weighted by atomic mass is 9.80. The molecule has 18 heavy (non-hydrogen) atoms. The van der Waals surface area contributed by atoms with Gasteiger partial charge in [-0.1, -0.05) is 29.8 Å². The molecule has 3 atom stereocenters. The summed E-state index contributed by atoms with van der Waals surface area (Å²) >= 11 is 3.42. The maximum absolute atomic E-state index is 9.09. The highest BCUT2D eigenvalue weighted by atomic mass is 79.9. The molecule has 1 fully saturated rings. The Kier molecular flexibility index (Phi) is 4.29. The minimum atomic E-state index is 0.248. The van der Waals surface area contributed by atoms with Crippen LogP contribution in [0.4, 0.5) is 0 Å². The first-order chi connectivity index (χ1) is 8.60. The van der Waals surface area contributed by atoms with E-state index in [4.69, 9.17) is 10.00 Å². The highest BCUT2D eigenvalue weighted by Crippen LogP contribution is 2.33. The van der Waals surface area contributed by atoms with Crippen LogP contribution in [0.3, 0.4) is 0 Å². The highest BCUT2D eigenvalue weighted by molar-refractivity contribution is 9.10. The van der Waals surface area contributed by atoms with Gasteiger partial charge in [0.2, 0.25) is 0 Å². The molecule has 1 aromatic carbocycles. The normalized spacial score (nSPS) is 27.6. The van der Waals surface area contributed by atoms with Crippen LogP contribution in [-0.4, -0.2) is 6.10 Å². The van der Waals surface area contributed by atoms with Gasteiger partial charge < -0.3 is 4.74 Å². The quantitative estimate of drug-likeness (QED) is 0.804. The standard InChI is InChI=1S/C15H18BrNO/c1-10-3-6-14(7-11(10)2)18-15-8-13(16)5-4-12(15)9-17/h4-5,8,10-11,14H,3,6-7H2,1-2H3. The zero-order chi connectivity index (χ0) is 13.1. The SMILES string of the molecule is CC1CCC(Oc2cc(Br)ccc2C#N)CC1C. The molecule has 0 spiro atoms. The van der Waals surface area contributed by atoms with Gasteiger partial charge in [-0.2, -0.15) is 5.26 Å². The summed E-state index contributed by atoms with van der Waals surface area (Å²) in [7, 11) is 0. The Morgan fingerprint density at radius 3 is 2.72 bits per heavy atom. The molecule has 0 aliphatic heterocycles. The van der Waals surface area contributed by atoms with Crippen LogP contribution in [0.1, 0.15) is 38.7 Å². The number of ether oxygens (including phenoxy) is 1. The van der Waals surface area contributed by atoms with Crippen LogP contribution in [0.15, 0.2) is 22.7 Å². The summed E-state index contributed by atoms with van der Waals surface area (Å²) in [5.41, 5.74) is 0.615. The van der Waals surface area contributed by atoms with E-state index in [2.05, 4.69) is 35.8 Å². The third-order valence-corrected chi connectivity index (χ3v) is 4.40. The second kappa shape index (κ2) is 5.75. The number of hydrogen-bond acceptors (Lipinski definition) is 2. The van der Waals surface area contributed by atoms with E-state index in [1.807, 2.05) is 12.1 Å². The van der Waals surface area contributed by atoms with E-state index in [0.29, 0.717) is 17.2 Å². The van der Waals surface area contributed by atoms with Gasteiger partial charge in [0.15, 0.2) is 0 Å². The molecule has 1 saturated carbocycles. The fourth-order valence-corrected chi connectivity index (χ4v) is 2.81. The molecule has 0 heterocycles. The summed E-state index contributed by atoms with van der Waals surface area (Å²) in [6.45, 7) is 4.59. The van der Waals surface area contributed by atoms with Gasteiger partial charge in [0.25, 0.3) is 0 Å². The fourth-order valence-electron chi connectivity index (χ4n) is 2.47. The van der Waals surface area contributed by atoms with Crippen LogP contribution in [0, 0.1) is 23.2 Å². The Hall–Kier alpha value is -1.01. The third-order valence-electron chi connectivity index (χ3n) is 3.91. The summed E-state index contributed by atoms with van der Waals surface area (Å²) in [5.74, 6) is 2.18. The molecule has 0 aromatic heterocycles. The van der Waals surface area contributed by atoms with Crippen LogP contribution in [0.25, 0.3) is 0 Å². The van der Waals surface area contributed by atoms with Crippen molar-refractivity contribution in [3.8, 4) is 11.8 Å². The number of nitriles is 1. The van der Waals surface area contributed by atoms with Crippen molar-refractivity contribution in [2.45, 2.75) is 39.2 Å². The summed E-state index contributed by atoms with van der Waals surface area (Å²) in [4.78, 5) is 0. The first-order valence-corrected chi connectivity index (χ1v) is 7.25. The molecule has 1 aromatic rings. The van der Waals surface area contributed by atoms with Crippen LogP contribution in [0.5, 0.6) is 5.75 Å². The van der Waals surface area contributed by atoms with Gasteiger partial charge in [-0.15, -0.1) is 0 Å². The molecule has 96 valence electrons. The molecule has 2 nitrogen and oxygen atoms in total. The monoisotopic (exact) mass is 307 g/mol. The second-order valence-electron chi connectivity index (χ2n) is 5.26. The summed E-state index contributed by atoms with van der Waals surface area (Å²) in [6.07, 6.45) is 3.63. The predicted molar refractivity (Wildman–Crippen MR) is 75.5 cm³/mol. The molecule has 2 rings (SSSR count). The molecule has 0 N–H and O–H groups in total. The third kappa shape index (κ3) is 3.05. The van der Waals surface area contributed by atoms with Gasteiger partial charge in [0.05, 0.1) is 11.7 Å². The van der Waals surface area contributed by atoms with Crippen molar-refractivity contribution < 1.29 is 4.74 Å². The highest BCUT2D eigenvalue weighted by Gasteiger charge is 2.26.